The van der Waals surface area contributed by atoms with Crippen molar-refractivity contribution in [3.8, 4) is 5.75 Å². The standard InChI is InChI=1S/C14H18N2O2S2/c1-4-18-11-5-6-12-13(9-11)20-14(15-10(2)17)16(12)7-8-19-3/h5-6,9H,4,7-8H2,1-3H3. The van der Waals surface area contributed by atoms with E-state index < -0.39 is 0 Å². The van der Waals surface area contributed by atoms with Crippen LogP contribution in [0, 0.1) is 0 Å². The number of aryl methyl sites for hydroxylation is 1. The quantitative estimate of drug-likeness (QED) is 0.853. The number of hydrogen-bond acceptors (Lipinski definition) is 4. The minimum absolute atomic E-state index is 0.167. The molecule has 20 heavy (non-hydrogen) atoms. The van der Waals surface area contributed by atoms with Crippen LogP contribution in [0.5, 0.6) is 5.75 Å². The fourth-order valence-electron chi connectivity index (χ4n) is 1.93. The average molecular weight is 310 g/mol. The van der Waals surface area contributed by atoms with Gasteiger partial charge in [-0.3, -0.25) is 4.79 Å². The number of aromatic nitrogens is 1. The van der Waals surface area contributed by atoms with Gasteiger partial charge in [0.05, 0.1) is 16.8 Å². The molecule has 0 aliphatic heterocycles. The van der Waals surface area contributed by atoms with E-state index in [1.54, 1.807) is 11.8 Å². The van der Waals surface area contributed by atoms with Crippen LogP contribution in [-0.4, -0.2) is 29.1 Å². The van der Waals surface area contributed by atoms with Gasteiger partial charge in [0.15, 0.2) is 4.80 Å². The molecule has 0 spiro atoms. The molecule has 0 bridgehead atoms. The third-order valence-corrected chi connectivity index (χ3v) is 4.37. The maximum atomic E-state index is 11.3. The smallest absolute Gasteiger partial charge is 0.245 e. The summed E-state index contributed by atoms with van der Waals surface area (Å²) in [5, 5.41) is 0. The number of rotatable bonds is 5. The van der Waals surface area contributed by atoms with E-state index in [1.165, 1.54) is 18.3 Å². The van der Waals surface area contributed by atoms with E-state index in [9.17, 15) is 4.79 Å². The van der Waals surface area contributed by atoms with Gasteiger partial charge in [0.1, 0.15) is 5.75 Å². The second-order valence-electron chi connectivity index (χ2n) is 4.22. The molecule has 1 aromatic carbocycles. The SMILES string of the molecule is CCOc1ccc2c(c1)sc(=NC(C)=O)n2CCSC. The lowest BCUT2D eigenvalue weighted by Gasteiger charge is -2.05. The van der Waals surface area contributed by atoms with Crippen molar-refractivity contribution in [3.05, 3.63) is 23.0 Å². The molecule has 1 amide bonds. The number of hydrogen-bond donors (Lipinski definition) is 0. The summed E-state index contributed by atoms with van der Waals surface area (Å²) >= 11 is 3.31. The highest BCUT2D eigenvalue weighted by atomic mass is 32.2. The Hall–Kier alpha value is -1.27. The maximum absolute atomic E-state index is 11.3. The number of carbonyl (C=O) groups is 1. The number of thiazole rings is 1. The molecule has 0 aliphatic carbocycles. The lowest BCUT2D eigenvalue weighted by atomic mass is 10.3. The highest BCUT2D eigenvalue weighted by Crippen LogP contribution is 2.23. The molecule has 2 rings (SSSR count). The zero-order chi connectivity index (χ0) is 14.5. The Balaban J connectivity index is 2.56. The van der Waals surface area contributed by atoms with Crippen molar-refractivity contribution in [1.29, 1.82) is 0 Å². The average Bonchev–Trinajstić information content (AvgIpc) is 2.72. The minimum Gasteiger partial charge on any atom is -0.494 e. The third kappa shape index (κ3) is 3.43. The van der Waals surface area contributed by atoms with E-state index in [4.69, 9.17) is 4.74 Å². The molecule has 6 heteroatoms. The lowest BCUT2D eigenvalue weighted by Crippen LogP contribution is -2.17. The van der Waals surface area contributed by atoms with Crippen LogP contribution in [0.2, 0.25) is 0 Å². The fraction of sp³-hybridized carbons (Fsp3) is 0.429. The molecule has 0 fully saturated rings. The molecule has 4 nitrogen and oxygen atoms in total. The van der Waals surface area contributed by atoms with Crippen LogP contribution in [-0.2, 0) is 11.3 Å². The van der Waals surface area contributed by atoms with Crippen LogP contribution in [0.4, 0.5) is 0 Å². The van der Waals surface area contributed by atoms with Crippen molar-refractivity contribution in [2.75, 3.05) is 18.6 Å². The van der Waals surface area contributed by atoms with Crippen molar-refractivity contribution in [2.45, 2.75) is 20.4 Å². The van der Waals surface area contributed by atoms with Gasteiger partial charge in [-0.05, 0) is 31.4 Å². The monoisotopic (exact) mass is 310 g/mol. The second kappa shape index (κ2) is 6.95. The Labute approximate surface area is 126 Å². The van der Waals surface area contributed by atoms with E-state index in [2.05, 4.69) is 15.8 Å². The van der Waals surface area contributed by atoms with Crippen LogP contribution in [0.15, 0.2) is 23.2 Å². The van der Waals surface area contributed by atoms with Crippen molar-refractivity contribution in [1.82, 2.24) is 4.57 Å². The number of benzene rings is 1. The number of ether oxygens (including phenoxy) is 1. The lowest BCUT2D eigenvalue weighted by molar-refractivity contribution is -0.116. The molecule has 0 unspecified atom stereocenters. The molecule has 0 atom stereocenters. The van der Waals surface area contributed by atoms with Gasteiger partial charge in [-0.25, -0.2) is 0 Å². The molecule has 0 saturated heterocycles. The van der Waals surface area contributed by atoms with E-state index in [1.807, 2.05) is 25.1 Å². The molecular formula is C14H18N2O2S2. The first-order valence-corrected chi connectivity index (χ1v) is 8.67. The molecule has 0 saturated carbocycles. The van der Waals surface area contributed by atoms with E-state index in [-0.39, 0.29) is 5.91 Å². The van der Waals surface area contributed by atoms with Crippen molar-refractivity contribution in [3.63, 3.8) is 0 Å². The Morgan fingerprint density at radius 1 is 1.50 bits per heavy atom. The van der Waals surface area contributed by atoms with Crippen molar-refractivity contribution >= 4 is 39.2 Å². The Morgan fingerprint density at radius 3 is 2.95 bits per heavy atom. The van der Waals surface area contributed by atoms with Crippen LogP contribution in [0.1, 0.15) is 13.8 Å². The van der Waals surface area contributed by atoms with E-state index in [0.717, 1.165) is 33.1 Å². The summed E-state index contributed by atoms with van der Waals surface area (Å²) in [6.07, 6.45) is 2.07. The first-order chi connectivity index (χ1) is 9.65. The number of carbonyl (C=O) groups excluding carboxylic acids is 1. The van der Waals surface area contributed by atoms with Gasteiger partial charge in [-0.15, -0.1) is 0 Å². The Kier molecular flexibility index (Phi) is 5.25. The highest BCUT2D eigenvalue weighted by Gasteiger charge is 2.08. The molecular weight excluding hydrogens is 292 g/mol. The molecule has 2 aromatic rings. The summed E-state index contributed by atoms with van der Waals surface area (Å²) in [7, 11) is 0. The minimum atomic E-state index is -0.167. The van der Waals surface area contributed by atoms with Gasteiger partial charge in [0, 0.05) is 19.2 Å². The highest BCUT2D eigenvalue weighted by molar-refractivity contribution is 7.98. The topological polar surface area (TPSA) is 43.6 Å². The van der Waals surface area contributed by atoms with Gasteiger partial charge in [0.25, 0.3) is 0 Å². The molecule has 1 aromatic heterocycles. The number of nitrogens with zero attached hydrogens (tertiary/aromatic N) is 2. The number of fused-ring (bicyclic) bond motifs is 1. The summed E-state index contributed by atoms with van der Waals surface area (Å²) < 4.78 is 8.72. The maximum Gasteiger partial charge on any atom is 0.245 e. The van der Waals surface area contributed by atoms with Gasteiger partial charge < -0.3 is 9.30 Å². The van der Waals surface area contributed by atoms with Gasteiger partial charge in [-0.1, -0.05) is 11.3 Å². The van der Waals surface area contributed by atoms with Gasteiger partial charge in [-0.2, -0.15) is 16.8 Å². The van der Waals surface area contributed by atoms with Crippen LogP contribution >= 0.6 is 23.1 Å². The summed E-state index contributed by atoms with van der Waals surface area (Å²) in [5.74, 6) is 1.68. The summed E-state index contributed by atoms with van der Waals surface area (Å²) in [4.78, 5) is 16.2. The van der Waals surface area contributed by atoms with Crippen molar-refractivity contribution < 1.29 is 9.53 Å². The van der Waals surface area contributed by atoms with E-state index >= 15 is 0 Å². The molecule has 108 valence electrons. The first kappa shape index (κ1) is 15.1. The van der Waals surface area contributed by atoms with Crippen LogP contribution < -0.4 is 9.54 Å². The molecule has 0 radical (unpaired) electrons. The summed E-state index contributed by atoms with van der Waals surface area (Å²) in [5.41, 5.74) is 1.10. The zero-order valence-corrected chi connectivity index (χ0v) is 13.5. The largest absolute Gasteiger partial charge is 0.494 e. The predicted molar refractivity (Wildman–Crippen MR) is 85.6 cm³/mol. The fourth-order valence-corrected chi connectivity index (χ4v) is 3.42. The molecule has 1 heterocycles. The van der Waals surface area contributed by atoms with Gasteiger partial charge in [0.2, 0.25) is 5.91 Å². The first-order valence-electron chi connectivity index (χ1n) is 6.46. The number of amides is 1. The zero-order valence-electron chi connectivity index (χ0n) is 11.9. The summed E-state index contributed by atoms with van der Waals surface area (Å²) in [6, 6.07) is 6.01. The van der Waals surface area contributed by atoms with Gasteiger partial charge >= 0.3 is 0 Å². The summed E-state index contributed by atoms with van der Waals surface area (Å²) in [6.45, 7) is 4.94. The van der Waals surface area contributed by atoms with Crippen LogP contribution in [0.3, 0.4) is 0 Å². The molecule has 0 N–H and O–H groups in total. The van der Waals surface area contributed by atoms with Crippen molar-refractivity contribution in [2.24, 2.45) is 4.99 Å². The van der Waals surface area contributed by atoms with E-state index in [0.29, 0.717) is 6.61 Å². The second-order valence-corrected chi connectivity index (χ2v) is 6.22. The normalized spacial score (nSPS) is 12.1. The third-order valence-electron chi connectivity index (χ3n) is 2.74. The Bertz CT molecular complexity index is 673. The van der Waals surface area contributed by atoms with Crippen LogP contribution in [0.25, 0.3) is 10.2 Å². The Morgan fingerprint density at radius 2 is 2.30 bits per heavy atom. The number of thioether (sulfide) groups is 1. The predicted octanol–water partition coefficient (Wildman–Crippen LogP) is 2.91. The molecule has 0 aliphatic rings.